The van der Waals surface area contributed by atoms with E-state index in [1.807, 2.05) is 12.4 Å². The van der Waals surface area contributed by atoms with Gasteiger partial charge in [0.2, 0.25) is 0 Å². The average molecular weight is 226 g/mol. The fourth-order valence-corrected chi connectivity index (χ4v) is 1.87. The van der Waals surface area contributed by atoms with E-state index in [2.05, 4.69) is 54.5 Å². The van der Waals surface area contributed by atoms with Crippen molar-refractivity contribution in [2.45, 2.75) is 20.4 Å². The minimum atomic E-state index is 0.937. The van der Waals surface area contributed by atoms with Crippen LogP contribution in [0.4, 0.5) is 0 Å². The van der Waals surface area contributed by atoms with Crippen molar-refractivity contribution in [2.75, 3.05) is 6.54 Å². The van der Waals surface area contributed by atoms with E-state index in [1.54, 1.807) is 0 Å². The van der Waals surface area contributed by atoms with Gasteiger partial charge in [0.05, 0.1) is 0 Å². The summed E-state index contributed by atoms with van der Waals surface area (Å²) in [5, 5.41) is 3.33. The van der Waals surface area contributed by atoms with Crippen LogP contribution in [0.2, 0.25) is 0 Å². The Labute approximate surface area is 103 Å². The first-order chi connectivity index (χ1) is 8.31. The first-order valence-electron chi connectivity index (χ1n) is 6.02. The van der Waals surface area contributed by atoms with Gasteiger partial charge in [0.15, 0.2) is 0 Å². The number of nitrogens with one attached hydrogen (secondary N) is 1. The third-order valence-corrected chi connectivity index (χ3v) is 2.86. The Bertz CT molecular complexity index is 475. The third-order valence-electron chi connectivity index (χ3n) is 2.86. The lowest BCUT2D eigenvalue weighted by Crippen LogP contribution is -2.11. The predicted molar refractivity (Wildman–Crippen MR) is 71.8 cm³/mol. The van der Waals surface area contributed by atoms with E-state index in [-0.39, 0.29) is 0 Å². The zero-order valence-electron chi connectivity index (χ0n) is 10.4. The molecule has 0 aliphatic heterocycles. The Hall–Kier alpha value is -1.67. The molecule has 0 amide bonds. The summed E-state index contributed by atoms with van der Waals surface area (Å²) in [6, 6.07) is 10.8. The van der Waals surface area contributed by atoms with E-state index in [9.17, 15) is 0 Å². The molecule has 2 nitrogen and oxygen atoms in total. The highest BCUT2D eigenvalue weighted by Gasteiger charge is 2.01. The molecule has 0 bridgehead atoms. The lowest BCUT2D eigenvalue weighted by Gasteiger charge is -2.07. The van der Waals surface area contributed by atoms with E-state index in [4.69, 9.17) is 0 Å². The summed E-state index contributed by atoms with van der Waals surface area (Å²) in [6.45, 7) is 6.15. The molecule has 1 aromatic carbocycles. The molecule has 0 aliphatic carbocycles. The fraction of sp³-hybridized carbons (Fsp3) is 0.267. The lowest BCUT2D eigenvalue weighted by atomic mass is 10.0. The van der Waals surface area contributed by atoms with Crippen molar-refractivity contribution in [2.24, 2.45) is 0 Å². The summed E-state index contributed by atoms with van der Waals surface area (Å²) in [5.41, 5.74) is 5.05. The second-order valence-electron chi connectivity index (χ2n) is 4.17. The molecule has 0 saturated heterocycles. The van der Waals surface area contributed by atoms with Crippen LogP contribution in [0.5, 0.6) is 0 Å². The highest BCUT2D eigenvalue weighted by atomic mass is 14.8. The van der Waals surface area contributed by atoms with Crippen LogP contribution in [0.1, 0.15) is 18.1 Å². The summed E-state index contributed by atoms with van der Waals surface area (Å²) < 4.78 is 0. The molecule has 2 rings (SSSR count). The number of hydrogen-bond acceptors (Lipinski definition) is 2. The quantitative estimate of drug-likeness (QED) is 0.866. The Morgan fingerprint density at radius 1 is 1.12 bits per heavy atom. The Morgan fingerprint density at radius 3 is 2.53 bits per heavy atom. The van der Waals surface area contributed by atoms with Crippen molar-refractivity contribution < 1.29 is 0 Å². The molecule has 0 aliphatic rings. The molecule has 1 heterocycles. The van der Waals surface area contributed by atoms with Crippen molar-refractivity contribution in [3.05, 3.63) is 53.9 Å². The zero-order valence-corrected chi connectivity index (χ0v) is 10.4. The maximum Gasteiger partial charge on any atom is 0.0303 e. The van der Waals surface area contributed by atoms with Gasteiger partial charge in [0.1, 0.15) is 0 Å². The van der Waals surface area contributed by atoms with Crippen LogP contribution in [0.15, 0.2) is 42.7 Å². The molecule has 17 heavy (non-hydrogen) atoms. The molecule has 0 atom stereocenters. The number of pyridine rings is 1. The highest BCUT2D eigenvalue weighted by Crippen LogP contribution is 2.22. The summed E-state index contributed by atoms with van der Waals surface area (Å²) in [4.78, 5) is 4.12. The monoisotopic (exact) mass is 226 g/mol. The number of rotatable bonds is 4. The van der Waals surface area contributed by atoms with Crippen LogP contribution in [-0.2, 0) is 6.54 Å². The molecule has 1 aromatic heterocycles. The first-order valence-corrected chi connectivity index (χ1v) is 6.02. The van der Waals surface area contributed by atoms with E-state index in [1.165, 1.54) is 22.3 Å². The van der Waals surface area contributed by atoms with Crippen LogP contribution >= 0.6 is 0 Å². The second-order valence-corrected chi connectivity index (χ2v) is 4.17. The molecule has 0 saturated carbocycles. The number of hydrogen-bond donors (Lipinski definition) is 1. The molecule has 1 N–H and O–H groups in total. The second kappa shape index (κ2) is 5.60. The lowest BCUT2D eigenvalue weighted by molar-refractivity contribution is 0.727. The van der Waals surface area contributed by atoms with Crippen molar-refractivity contribution in [1.82, 2.24) is 10.3 Å². The third kappa shape index (κ3) is 2.92. The molecule has 0 unspecified atom stereocenters. The van der Waals surface area contributed by atoms with Gasteiger partial charge in [0.25, 0.3) is 0 Å². The smallest absolute Gasteiger partial charge is 0.0303 e. The minimum absolute atomic E-state index is 0.937. The first kappa shape index (κ1) is 11.8. The Morgan fingerprint density at radius 2 is 1.88 bits per heavy atom. The molecule has 0 spiro atoms. The van der Waals surface area contributed by atoms with Gasteiger partial charge in [0, 0.05) is 18.9 Å². The van der Waals surface area contributed by atoms with E-state index in [0.29, 0.717) is 0 Å². The topological polar surface area (TPSA) is 24.9 Å². The standard InChI is InChI=1S/C15H18N2/c1-3-16-11-13-4-6-14(7-5-13)15-8-9-17-10-12(15)2/h4-10,16H,3,11H2,1-2H3. The van der Waals surface area contributed by atoms with Gasteiger partial charge in [-0.15, -0.1) is 0 Å². The van der Waals surface area contributed by atoms with Gasteiger partial charge >= 0.3 is 0 Å². The Kier molecular flexibility index (Phi) is 3.89. The maximum atomic E-state index is 4.12. The summed E-state index contributed by atoms with van der Waals surface area (Å²) in [6.07, 6.45) is 3.75. The summed E-state index contributed by atoms with van der Waals surface area (Å²) in [5.74, 6) is 0. The number of aromatic nitrogens is 1. The van der Waals surface area contributed by atoms with E-state index < -0.39 is 0 Å². The van der Waals surface area contributed by atoms with E-state index >= 15 is 0 Å². The fourth-order valence-electron chi connectivity index (χ4n) is 1.87. The zero-order chi connectivity index (χ0) is 12.1. The predicted octanol–water partition coefficient (Wildman–Crippen LogP) is 3.17. The SMILES string of the molecule is CCNCc1ccc(-c2ccncc2C)cc1. The van der Waals surface area contributed by atoms with Crippen LogP contribution < -0.4 is 5.32 Å². The van der Waals surface area contributed by atoms with E-state index in [0.717, 1.165) is 13.1 Å². The molecule has 0 radical (unpaired) electrons. The summed E-state index contributed by atoms with van der Waals surface area (Å²) in [7, 11) is 0. The van der Waals surface area contributed by atoms with Gasteiger partial charge in [-0.1, -0.05) is 31.2 Å². The van der Waals surface area contributed by atoms with Gasteiger partial charge in [-0.2, -0.15) is 0 Å². The number of benzene rings is 1. The Balaban J connectivity index is 2.21. The normalized spacial score (nSPS) is 10.5. The minimum Gasteiger partial charge on any atom is -0.313 e. The molecular weight excluding hydrogens is 208 g/mol. The van der Waals surface area contributed by atoms with Gasteiger partial charge in [-0.25, -0.2) is 0 Å². The number of aryl methyl sites for hydroxylation is 1. The van der Waals surface area contributed by atoms with Crippen LogP contribution in [-0.4, -0.2) is 11.5 Å². The van der Waals surface area contributed by atoms with Gasteiger partial charge in [-0.3, -0.25) is 4.98 Å². The van der Waals surface area contributed by atoms with Crippen molar-refractivity contribution in [3.63, 3.8) is 0 Å². The molecule has 2 heteroatoms. The van der Waals surface area contributed by atoms with Gasteiger partial charge in [-0.05, 0) is 41.8 Å². The molecular formula is C15H18N2. The van der Waals surface area contributed by atoms with Crippen molar-refractivity contribution in [3.8, 4) is 11.1 Å². The van der Waals surface area contributed by atoms with Crippen molar-refractivity contribution >= 4 is 0 Å². The van der Waals surface area contributed by atoms with Crippen molar-refractivity contribution in [1.29, 1.82) is 0 Å². The van der Waals surface area contributed by atoms with Crippen LogP contribution in [0.25, 0.3) is 11.1 Å². The van der Waals surface area contributed by atoms with Crippen LogP contribution in [0, 0.1) is 6.92 Å². The molecule has 0 fully saturated rings. The summed E-state index contributed by atoms with van der Waals surface area (Å²) >= 11 is 0. The van der Waals surface area contributed by atoms with Gasteiger partial charge < -0.3 is 5.32 Å². The van der Waals surface area contributed by atoms with Crippen LogP contribution in [0.3, 0.4) is 0 Å². The molecule has 88 valence electrons. The molecule has 2 aromatic rings. The highest BCUT2D eigenvalue weighted by molar-refractivity contribution is 5.66. The average Bonchev–Trinajstić information content (AvgIpc) is 2.38. The largest absolute Gasteiger partial charge is 0.313 e. The maximum absolute atomic E-state index is 4.12. The number of nitrogens with zero attached hydrogens (tertiary/aromatic N) is 1.